The lowest BCUT2D eigenvalue weighted by Crippen LogP contribution is -2.29. The second-order valence-electron chi connectivity index (χ2n) is 3.96. The number of aromatic nitrogens is 1. The van der Waals surface area contributed by atoms with Crippen molar-refractivity contribution in [3.05, 3.63) is 36.0 Å². The molecule has 0 aliphatic carbocycles. The van der Waals surface area contributed by atoms with Crippen molar-refractivity contribution in [3.8, 4) is 5.75 Å². The van der Waals surface area contributed by atoms with Crippen LogP contribution in [0.1, 0.15) is 10.5 Å². The highest BCUT2D eigenvalue weighted by molar-refractivity contribution is 7.89. The Kier molecular flexibility index (Phi) is 3.39. The summed E-state index contributed by atoms with van der Waals surface area (Å²) in [6.45, 7) is 0. The molecule has 100 valence electrons. The average Bonchev–Trinajstić information content (AvgIpc) is 2.35. The monoisotopic (exact) mass is 280 g/mol. The van der Waals surface area contributed by atoms with Crippen LogP contribution in [0.5, 0.6) is 5.75 Å². The van der Waals surface area contributed by atoms with E-state index < -0.39 is 15.9 Å². The Bertz CT molecular complexity index is 740. The molecule has 7 heteroatoms. The summed E-state index contributed by atoms with van der Waals surface area (Å²) in [4.78, 5) is 15.8. The number of carbonyl (C=O) groups excluding carboxylic acids is 1. The minimum Gasteiger partial charge on any atom is -0.497 e. The molecule has 0 aliphatic heterocycles. The van der Waals surface area contributed by atoms with E-state index in [4.69, 9.17) is 4.74 Å². The molecular weight excluding hydrogens is 268 g/mol. The van der Waals surface area contributed by atoms with E-state index in [1.807, 2.05) is 4.72 Å². The number of carbonyl (C=O) groups is 1. The Morgan fingerprint density at radius 1 is 1.26 bits per heavy atom. The molecule has 0 unspecified atom stereocenters. The lowest BCUT2D eigenvalue weighted by atomic mass is 10.2. The molecule has 1 aromatic carbocycles. The molecule has 0 radical (unpaired) electrons. The van der Waals surface area contributed by atoms with E-state index in [1.165, 1.54) is 6.07 Å². The van der Waals surface area contributed by atoms with E-state index in [0.29, 0.717) is 11.3 Å². The molecule has 1 N–H and O–H groups in total. The SMILES string of the molecule is COc1ccc2nc(C(=O)NS(C)(=O)=O)ccc2c1. The third kappa shape index (κ3) is 3.19. The van der Waals surface area contributed by atoms with E-state index in [0.717, 1.165) is 11.6 Å². The van der Waals surface area contributed by atoms with Crippen molar-refractivity contribution in [2.45, 2.75) is 0 Å². The van der Waals surface area contributed by atoms with E-state index in [2.05, 4.69) is 4.98 Å². The second kappa shape index (κ2) is 4.85. The third-order valence-corrected chi connectivity index (χ3v) is 2.96. The van der Waals surface area contributed by atoms with Crippen molar-refractivity contribution < 1.29 is 17.9 Å². The number of sulfonamides is 1. The van der Waals surface area contributed by atoms with Crippen LogP contribution in [-0.4, -0.2) is 32.7 Å². The molecule has 1 aromatic heterocycles. The zero-order valence-electron chi connectivity index (χ0n) is 10.4. The molecule has 0 saturated heterocycles. The molecule has 2 rings (SSSR count). The first-order valence-electron chi connectivity index (χ1n) is 5.36. The van der Waals surface area contributed by atoms with Gasteiger partial charge >= 0.3 is 0 Å². The molecule has 0 atom stereocenters. The van der Waals surface area contributed by atoms with Crippen LogP contribution >= 0.6 is 0 Å². The number of rotatable bonds is 3. The van der Waals surface area contributed by atoms with Crippen LogP contribution in [0.4, 0.5) is 0 Å². The van der Waals surface area contributed by atoms with Gasteiger partial charge < -0.3 is 4.74 Å². The van der Waals surface area contributed by atoms with Gasteiger partial charge in [-0.15, -0.1) is 0 Å². The minimum absolute atomic E-state index is 0.0445. The Hall–Kier alpha value is -2.15. The molecule has 1 heterocycles. The van der Waals surface area contributed by atoms with Gasteiger partial charge in [-0.05, 0) is 24.3 Å². The molecule has 1 amide bonds. The van der Waals surface area contributed by atoms with Gasteiger partial charge in [-0.2, -0.15) is 0 Å². The first-order valence-corrected chi connectivity index (χ1v) is 7.25. The van der Waals surface area contributed by atoms with Gasteiger partial charge in [0.05, 0.1) is 18.9 Å². The average molecular weight is 280 g/mol. The van der Waals surface area contributed by atoms with Crippen LogP contribution in [0.25, 0.3) is 10.9 Å². The fourth-order valence-electron chi connectivity index (χ4n) is 1.58. The number of hydrogen-bond donors (Lipinski definition) is 1. The first-order chi connectivity index (χ1) is 8.89. The van der Waals surface area contributed by atoms with E-state index >= 15 is 0 Å². The largest absolute Gasteiger partial charge is 0.497 e. The van der Waals surface area contributed by atoms with E-state index in [9.17, 15) is 13.2 Å². The zero-order valence-corrected chi connectivity index (χ0v) is 11.2. The summed E-state index contributed by atoms with van der Waals surface area (Å²) in [7, 11) is -2.04. The van der Waals surface area contributed by atoms with Crippen LogP contribution in [0.2, 0.25) is 0 Å². The predicted octanol–water partition coefficient (Wildman–Crippen LogP) is 0.933. The standard InChI is InChI=1S/C12H12N2O4S/c1-18-9-4-6-10-8(7-9)3-5-11(13-10)12(15)14-19(2,16)17/h3-7H,1-2H3,(H,14,15). The lowest BCUT2D eigenvalue weighted by Gasteiger charge is -2.05. The molecule has 0 bridgehead atoms. The van der Waals surface area contributed by atoms with Crippen molar-refractivity contribution in [1.82, 2.24) is 9.71 Å². The zero-order chi connectivity index (χ0) is 14.0. The molecule has 0 saturated carbocycles. The normalized spacial score (nSPS) is 11.3. The first kappa shape index (κ1) is 13.3. The highest BCUT2D eigenvalue weighted by Crippen LogP contribution is 2.19. The molecule has 2 aromatic rings. The molecule has 6 nitrogen and oxygen atoms in total. The van der Waals surface area contributed by atoms with Crippen molar-refractivity contribution in [2.24, 2.45) is 0 Å². The van der Waals surface area contributed by atoms with E-state index in [-0.39, 0.29) is 5.69 Å². The maximum absolute atomic E-state index is 11.6. The van der Waals surface area contributed by atoms with Gasteiger partial charge in [0.25, 0.3) is 5.91 Å². The molecule has 19 heavy (non-hydrogen) atoms. The summed E-state index contributed by atoms with van der Waals surface area (Å²) >= 11 is 0. The van der Waals surface area contributed by atoms with E-state index in [1.54, 1.807) is 31.4 Å². The fourth-order valence-corrected chi connectivity index (χ4v) is 2.02. The Morgan fingerprint density at radius 3 is 2.63 bits per heavy atom. The van der Waals surface area contributed by atoms with Gasteiger partial charge in [0.1, 0.15) is 11.4 Å². The quantitative estimate of drug-likeness (QED) is 0.904. The van der Waals surface area contributed by atoms with Crippen LogP contribution in [0.15, 0.2) is 30.3 Å². The highest BCUT2D eigenvalue weighted by Gasteiger charge is 2.12. The van der Waals surface area contributed by atoms with Crippen LogP contribution in [0.3, 0.4) is 0 Å². The summed E-state index contributed by atoms with van der Waals surface area (Å²) in [6, 6.07) is 8.34. The Morgan fingerprint density at radius 2 is 2.00 bits per heavy atom. The number of benzene rings is 1. The molecular formula is C12H12N2O4S. The van der Waals surface area contributed by atoms with Gasteiger partial charge in [0.15, 0.2) is 0 Å². The van der Waals surface area contributed by atoms with Gasteiger partial charge in [0, 0.05) is 5.39 Å². The number of hydrogen-bond acceptors (Lipinski definition) is 5. The summed E-state index contributed by atoms with van der Waals surface area (Å²) in [6.07, 6.45) is 0.914. The fraction of sp³-hybridized carbons (Fsp3) is 0.167. The summed E-state index contributed by atoms with van der Waals surface area (Å²) in [5.74, 6) is -0.0668. The van der Waals surface area contributed by atoms with Crippen molar-refractivity contribution >= 4 is 26.8 Å². The Balaban J connectivity index is 2.39. The number of methoxy groups -OCH3 is 1. The maximum atomic E-state index is 11.6. The number of nitrogens with one attached hydrogen (secondary N) is 1. The molecule has 0 aliphatic rings. The number of ether oxygens (including phenoxy) is 1. The van der Waals surface area contributed by atoms with Gasteiger partial charge in [0.2, 0.25) is 10.0 Å². The number of nitrogens with zero attached hydrogens (tertiary/aromatic N) is 1. The van der Waals surface area contributed by atoms with Gasteiger partial charge in [-0.1, -0.05) is 6.07 Å². The summed E-state index contributed by atoms with van der Waals surface area (Å²) < 4.78 is 28.9. The van der Waals surface area contributed by atoms with Gasteiger partial charge in [-0.3, -0.25) is 4.79 Å². The topological polar surface area (TPSA) is 85.4 Å². The van der Waals surface area contributed by atoms with Crippen LogP contribution < -0.4 is 9.46 Å². The van der Waals surface area contributed by atoms with Gasteiger partial charge in [-0.25, -0.2) is 18.1 Å². The van der Waals surface area contributed by atoms with Crippen molar-refractivity contribution in [1.29, 1.82) is 0 Å². The predicted molar refractivity (Wildman–Crippen MR) is 70.6 cm³/mol. The highest BCUT2D eigenvalue weighted by atomic mass is 32.2. The minimum atomic E-state index is -3.59. The van der Waals surface area contributed by atoms with Crippen molar-refractivity contribution in [2.75, 3.05) is 13.4 Å². The Labute approximate surface area is 110 Å². The summed E-state index contributed by atoms with van der Waals surface area (Å²) in [5, 5.41) is 0.801. The van der Waals surface area contributed by atoms with Crippen molar-refractivity contribution in [3.63, 3.8) is 0 Å². The van der Waals surface area contributed by atoms with Crippen LogP contribution in [-0.2, 0) is 10.0 Å². The maximum Gasteiger partial charge on any atom is 0.283 e. The third-order valence-electron chi connectivity index (χ3n) is 2.41. The second-order valence-corrected chi connectivity index (χ2v) is 5.71. The molecule has 0 spiro atoms. The number of fused-ring (bicyclic) bond motifs is 1. The molecule has 0 fully saturated rings. The number of pyridine rings is 1. The van der Waals surface area contributed by atoms with Crippen LogP contribution in [0, 0.1) is 0 Å². The smallest absolute Gasteiger partial charge is 0.283 e. The summed E-state index contributed by atoms with van der Waals surface area (Å²) in [5.41, 5.74) is 0.630. The lowest BCUT2D eigenvalue weighted by molar-refractivity contribution is 0.0977. The number of amides is 1.